The van der Waals surface area contributed by atoms with Gasteiger partial charge in [-0.05, 0) is 36.5 Å². The van der Waals surface area contributed by atoms with Crippen molar-refractivity contribution in [3.63, 3.8) is 0 Å². The van der Waals surface area contributed by atoms with Crippen molar-refractivity contribution in [3.8, 4) is 0 Å². The van der Waals surface area contributed by atoms with E-state index in [9.17, 15) is 0 Å². The molecule has 3 rings (SSSR count). The molecule has 1 aromatic heterocycles. The molecule has 1 aromatic carbocycles. The van der Waals surface area contributed by atoms with Crippen LogP contribution in [0.5, 0.6) is 0 Å². The number of thioether (sulfide) groups is 1. The largest absolute Gasteiger partial charge is 0.460 e. The van der Waals surface area contributed by atoms with E-state index in [-0.39, 0.29) is 0 Å². The maximum absolute atomic E-state index is 5.79. The van der Waals surface area contributed by atoms with E-state index >= 15 is 0 Å². The van der Waals surface area contributed by atoms with Crippen LogP contribution < -0.4 is 5.32 Å². The summed E-state index contributed by atoms with van der Waals surface area (Å²) in [5.74, 6) is 3.62. The second-order valence-electron chi connectivity index (χ2n) is 4.52. The van der Waals surface area contributed by atoms with Gasteiger partial charge in [0.25, 0.3) is 0 Å². The van der Waals surface area contributed by atoms with Crippen LogP contribution in [0.1, 0.15) is 18.6 Å². The van der Waals surface area contributed by atoms with Gasteiger partial charge in [-0.25, -0.2) is 0 Å². The average molecular weight is 247 g/mol. The molecule has 0 unspecified atom stereocenters. The van der Waals surface area contributed by atoms with Crippen LogP contribution in [-0.2, 0) is 6.54 Å². The third kappa shape index (κ3) is 2.67. The van der Waals surface area contributed by atoms with Gasteiger partial charge in [-0.2, -0.15) is 11.8 Å². The van der Waals surface area contributed by atoms with Gasteiger partial charge in [-0.1, -0.05) is 18.2 Å². The van der Waals surface area contributed by atoms with Crippen LogP contribution in [0, 0.1) is 0 Å². The zero-order chi connectivity index (χ0) is 11.5. The van der Waals surface area contributed by atoms with E-state index in [0.717, 1.165) is 17.9 Å². The minimum atomic E-state index is 0.671. The van der Waals surface area contributed by atoms with Gasteiger partial charge in [0.1, 0.15) is 11.3 Å². The highest BCUT2D eigenvalue weighted by Gasteiger charge is 2.13. The van der Waals surface area contributed by atoms with E-state index in [2.05, 4.69) is 29.2 Å². The summed E-state index contributed by atoms with van der Waals surface area (Å²) in [5.41, 5.74) is 0.989. The highest BCUT2D eigenvalue weighted by Crippen LogP contribution is 2.20. The van der Waals surface area contributed by atoms with Gasteiger partial charge in [-0.15, -0.1) is 0 Å². The summed E-state index contributed by atoms with van der Waals surface area (Å²) in [4.78, 5) is 0. The molecule has 0 aliphatic carbocycles. The summed E-state index contributed by atoms with van der Waals surface area (Å²) >= 11 is 2.06. The van der Waals surface area contributed by atoms with Crippen LogP contribution in [0.4, 0.5) is 0 Å². The van der Waals surface area contributed by atoms with Gasteiger partial charge < -0.3 is 9.73 Å². The van der Waals surface area contributed by atoms with Gasteiger partial charge in [0, 0.05) is 11.4 Å². The molecule has 2 heterocycles. The molecule has 90 valence electrons. The van der Waals surface area contributed by atoms with E-state index in [4.69, 9.17) is 4.42 Å². The molecule has 0 radical (unpaired) electrons. The zero-order valence-corrected chi connectivity index (χ0v) is 10.6. The number of rotatable bonds is 3. The number of para-hydroxylation sites is 1. The van der Waals surface area contributed by atoms with Crippen LogP contribution in [0.25, 0.3) is 11.0 Å². The molecule has 2 nitrogen and oxygen atoms in total. The Labute approximate surface area is 106 Å². The summed E-state index contributed by atoms with van der Waals surface area (Å²) in [7, 11) is 0. The van der Waals surface area contributed by atoms with Crippen molar-refractivity contribution < 1.29 is 4.42 Å². The third-order valence-electron chi connectivity index (χ3n) is 3.26. The average Bonchev–Trinajstić information content (AvgIpc) is 2.80. The molecule has 0 bridgehead atoms. The molecule has 17 heavy (non-hydrogen) atoms. The molecule has 1 fully saturated rings. The third-order valence-corrected chi connectivity index (χ3v) is 4.31. The normalized spacial score (nSPS) is 17.6. The molecular weight excluding hydrogens is 230 g/mol. The summed E-state index contributed by atoms with van der Waals surface area (Å²) in [6.45, 7) is 0.851. The lowest BCUT2D eigenvalue weighted by Gasteiger charge is -2.21. The first kappa shape index (κ1) is 11.2. The first-order valence-electron chi connectivity index (χ1n) is 6.20. The number of furan rings is 1. The lowest BCUT2D eigenvalue weighted by molar-refractivity contribution is 0.440. The zero-order valence-electron chi connectivity index (χ0n) is 9.82. The Balaban J connectivity index is 1.64. The Morgan fingerprint density at radius 3 is 2.88 bits per heavy atom. The smallest absolute Gasteiger partial charge is 0.134 e. The molecule has 1 N–H and O–H groups in total. The van der Waals surface area contributed by atoms with Gasteiger partial charge >= 0.3 is 0 Å². The van der Waals surface area contributed by atoms with Crippen LogP contribution in [-0.4, -0.2) is 17.5 Å². The predicted octanol–water partition coefficient (Wildman–Crippen LogP) is 3.42. The fourth-order valence-electron chi connectivity index (χ4n) is 2.27. The lowest BCUT2D eigenvalue weighted by atomic mass is 10.1. The monoisotopic (exact) mass is 247 g/mol. The van der Waals surface area contributed by atoms with E-state index in [1.807, 2.05) is 18.2 Å². The second kappa shape index (κ2) is 5.15. The second-order valence-corrected chi connectivity index (χ2v) is 5.74. The van der Waals surface area contributed by atoms with Crippen molar-refractivity contribution in [1.29, 1.82) is 0 Å². The molecule has 2 aromatic rings. The number of fused-ring (bicyclic) bond motifs is 1. The SMILES string of the molecule is c1ccc2oc(CNC3CCSCC3)cc2c1. The van der Waals surface area contributed by atoms with Gasteiger partial charge in [0.2, 0.25) is 0 Å². The summed E-state index contributed by atoms with van der Waals surface area (Å²) in [6, 6.07) is 11.0. The van der Waals surface area contributed by atoms with Crippen molar-refractivity contribution in [3.05, 3.63) is 36.1 Å². The first-order chi connectivity index (χ1) is 8.42. The van der Waals surface area contributed by atoms with E-state index in [0.29, 0.717) is 6.04 Å². The maximum atomic E-state index is 5.79. The summed E-state index contributed by atoms with van der Waals surface area (Å²) in [5, 5.41) is 4.79. The van der Waals surface area contributed by atoms with Crippen molar-refractivity contribution in [2.75, 3.05) is 11.5 Å². The van der Waals surface area contributed by atoms with E-state index in [1.165, 1.54) is 29.7 Å². The van der Waals surface area contributed by atoms with Crippen LogP contribution in [0.2, 0.25) is 0 Å². The molecule has 1 saturated heterocycles. The number of hydrogen-bond acceptors (Lipinski definition) is 3. The van der Waals surface area contributed by atoms with Crippen molar-refractivity contribution in [2.45, 2.75) is 25.4 Å². The molecule has 0 saturated carbocycles. The van der Waals surface area contributed by atoms with E-state index in [1.54, 1.807) is 0 Å². The molecule has 1 aliphatic rings. The van der Waals surface area contributed by atoms with Crippen LogP contribution in [0.15, 0.2) is 34.7 Å². The minimum absolute atomic E-state index is 0.671. The standard InChI is InChI=1S/C14H17NOS/c1-2-4-14-11(3-1)9-13(16-14)10-15-12-5-7-17-8-6-12/h1-4,9,12,15H,5-8,10H2. The molecule has 0 atom stereocenters. The Morgan fingerprint density at radius 2 is 2.06 bits per heavy atom. The van der Waals surface area contributed by atoms with Gasteiger partial charge in [0.15, 0.2) is 0 Å². The highest BCUT2D eigenvalue weighted by atomic mass is 32.2. The van der Waals surface area contributed by atoms with Crippen LogP contribution in [0.3, 0.4) is 0 Å². The molecule has 3 heteroatoms. The number of nitrogens with one attached hydrogen (secondary N) is 1. The Hall–Kier alpha value is -0.930. The molecule has 0 spiro atoms. The number of hydrogen-bond donors (Lipinski definition) is 1. The quantitative estimate of drug-likeness (QED) is 0.899. The Kier molecular flexibility index (Phi) is 3.39. The highest BCUT2D eigenvalue weighted by molar-refractivity contribution is 7.99. The van der Waals surface area contributed by atoms with Crippen molar-refractivity contribution >= 4 is 22.7 Å². The summed E-state index contributed by atoms with van der Waals surface area (Å²) < 4.78 is 5.79. The maximum Gasteiger partial charge on any atom is 0.134 e. The predicted molar refractivity (Wildman–Crippen MR) is 73.4 cm³/mol. The van der Waals surface area contributed by atoms with E-state index < -0.39 is 0 Å². The molecule has 0 amide bonds. The first-order valence-corrected chi connectivity index (χ1v) is 7.36. The van der Waals surface area contributed by atoms with Crippen molar-refractivity contribution in [2.24, 2.45) is 0 Å². The van der Waals surface area contributed by atoms with Gasteiger partial charge in [0.05, 0.1) is 6.54 Å². The van der Waals surface area contributed by atoms with Crippen molar-refractivity contribution in [1.82, 2.24) is 5.32 Å². The lowest BCUT2D eigenvalue weighted by Crippen LogP contribution is -2.31. The van der Waals surface area contributed by atoms with Gasteiger partial charge in [-0.3, -0.25) is 0 Å². The Bertz CT molecular complexity index is 455. The summed E-state index contributed by atoms with van der Waals surface area (Å²) in [6.07, 6.45) is 2.57. The number of benzene rings is 1. The topological polar surface area (TPSA) is 25.2 Å². The minimum Gasteiger partial charge on any atom is -0.460 e. The Morgan fingerprint density at radius 1 is 1.24 bits per heavy atom. The molecular formula is C14H17NOS. The fourth-order valence-corrected chi connectivity index (χ4v) is 3.38. The molecule has 1 aliphatic heterocycles. The van der Waals surface area contributed by atoms with Crippen LogP contribution >= 0.6 is 11.8 Å². The fraction of sp³-hybridized carbons (Fsp3) is 0.429.